The monoisotopic (exact) mass is 621 g/mol. The van der Waals surface area contributed by atoms with Crippen LogP contribution in [0.5, 0.6) is 5.75 Å². The van der Waals surface area contributed by atoms with E-state index in [1.807, 2.05) is 58.0 Å². The third-order valence-electron chi connectivity index (χ3n) is 8.31. The summed E-state index contributed by atoms with van der Waals surface area (Å²) in [5.41, 5.74) is 1.80. The predicted octanol–water partition coefficient (Wildman–Crippen LogP) is 5.68. The molecule has 244 valence electrons. The highest BCUT2D eigenvalue weighted by Gasteiger charge is 2.53. The topological polar surface area (TPSA) is 129 Å². The summed E-state index contributed by atoms with van der Waals surface area (Å²) in [6.07, 6.45) is 2.90. The van der Waals surface area contributed by atoms with E-state index in [4.69, 9.17) is 9.47 Å². The average Bonchev–Trinajstić information content (AvgIpc) is 3.77. The Labute approximate surface area is 266 Å². The molecule has 2 atom stereocenters. The van der Waals surface area contributed by atoms with Gasteiger partial charge in [0.05, 0.1) is 31.4 Å². The van der Waals surface area contributed by atoms with Crippen molar-refractivity contribution in [2.75, 3.05) is 24.3 Å². The van der Waals surface area contributed by atoms with Gasteiger partial charge in [0, 0.05) is 24.8 Å². The molecule has 0 radical (unpaired) electrons. The summed E-state index contributed by atoms with van der Waals surface area (Å²) in [7, 11) is 1.51. The Hall–Kier alpha value is -4.12. The van der Waals surface area contributed by atoms with Crippen molar-refractivity contribution >= 4 is 35.3 Å². The molecule has 2 aliphatic rings. The Kier molecular flexibility index (Phi) is 10.7. The zero-order valence-electron chi connectivity index (χ0n) is 27.4. The lowest BCUT2D eigenvalue weighted by Crippen LogP contribution is -2.49. The quantitative estimate of drug-likeness (QED) is 0.183. The van der Waals surface area contributed by atoms with E-state index < -0.39 is 11.6 Å². The first kappa shape index (κ1) is 33.8. The van der Waals surface area contributed by atoms with Crippen LogP contribution in [0, 0.1) is 12.8 Å². The highest BCUT2D eigenvalue weighted by atomic mass is 16.5. The number of hydrogen-bond donors (Lipinski definition) is 3. The van der Waals surface area contributed by atoms with Crippen molar-refractivity contribution in [3.63, 3.8) is 0 Å². The SMILES string of the molecule is COc1cc(CN2C(=O)N(C(CNC(C)CC(=O)OC(C)C)CC3CC3)C(=O)C2(C)C)ccc1NC(=O)Nc1ccccc1C. The number of esters is 1. The zero-order valence-corrected chi connectivity index (χ0v) is 27.4. The molecule has 2 fully saturated rings. The van der Waals surface area contributed by atoms with Crippen LogP contribution < -0.4 is 20.7 Å². The minimum absolute atomic E-state index is 0.173. The summed E-state index contributed by atoms with van der Waals surface area (Å²) in [4.78, 5) is 55.5. The van der Waals surface area contributed by atoms with Crippen molar-refractivity contribution in [2.24, 2.45) is 5.92 Å². The van der Waals surface area contributed by atoms with E-state index in [-0.39, 0.29) is 49.1 Å². The molecule has 2 aromatic rings. The van der Waals surface area contributed by atoms with E-state index >= 15 is 0 Å². The van der Waals surface area contributed by atoms with Gasteiger partial charge in [0.25, 0.3) is 5.91 Å². The molecule has 4 rings (SSSR count). The molecule has 1 heterocycles. The Morgan fingerprint density at radius 2 is 1.71 bits per heavy atom. The standard InChI is InChI=1S/C34H47N5O6/c1-21(2)45-30(40)16-23(4)35-19-26(17-24-12-13-24)39-31(41)34(5,6)38(33(39)43)20-25-14-15-28(29(18-25)44-7)37-32(42)36-27-11-9-8-10-22(27)3/h8-11,14-15,18,21,23-24,26,35H,12-13,16-17,19-20H2,1-7H3,(H2,36,37,42). The van der Waals surface area contributed by atoms with Gasteiger partial charge in [-0.05, 0) is 83.2 Å². The van der Waals surface area contributed by atoms with Gasteiger partial charge in [-0.2, -0.15) is 0 Å². The number of carbonyl (C=O) groups excluding carboxylic acids is 4. The molecule has 3 N–H and O–H groups in total. The number of aryl methyl sites for hydroxylation is 1. The van der Waals surface area contributed by atoms with Crippen molar-refractivity contribution in [1.29, 1.82) is 0 Å². The van der Waals surface area contributed by atoms with Crippen LogP contribution in [0.15, 0.2) is 42.5 Å². The first-order valence-electron chi connectivity index (χ1n) is 15.7. The lowest BCUT2D eigenvalue weighted by molar-refractivity contribution is -0.148. The van der Waals surface area contributed by atoms with Gasteiger partial charge in [0.15, 0.2) is 0 Å². The zero-order chi connectivity index (χ0) is 32.9. The largest absolute Gasteiger partial charge is 0.495 e. The molecule has 5 amide bonds. The molecular weight excluding hydrogens is 574 g/mol. The van der Waals surface area contributed by atoms with Crippen molar-refractivity contribution < 1.29 is 28.7 Å². The molecular formula is C34H47N5O6. The molecule has 0 spiro atoms. The highest BCUT2D eigenvalue weighted by Crippen LogP contribution is 2.38. The number of nitrogens with zero attached hydrogens (tertiary/aromatic N) is 2. The smallest absolute Gasteiger partial charge is 0.328 e. The van der Waals surface area contributed by atoms with Gasteiger partial charge in [0.2, 0.25) is 0 Å². The van der Waals surface area contributed by atoms with Crippen molar-refractivity contribution in [1.82, 2.24) is 15.1 Å². The van der Waals surface area contributed by atoms with Crippen LogP contribution in [0.3, 0.4) is 0 Å². The molecule has 11 heteroatoms. The fraction of sp³-hybridized carbons (Fsp3) is 0.529. The van der Waals surface area contributed by atoms with Gasteiger partial charge in [0.1, 0.15) is 11.3 Å². The number of carbonyl (C=O) groups is 4. The molecule has 1 saturated heterocycles. The van der Waals surface area contributed by atoms with Crippen LogP contribution in [-0.4, -0.2) is 71.1 Å². The van der Waals surface area contributed by atoms with Crippen LogP contribution >= 0.6 is 0 Å². The summed E-state index contributed by atoms with van der Waals surface area (Å²) in [6.45, 7) is 11.5. The van der Waals surface area contributed by atoms with E-state index in [9.17, 15) is 19.2 Å². The first-order valence-corrected chi connectivity index (χ1v) is 15.7. The predicted molar refractivity (Wildman–Crippen MR) is 173 cm³/mol. The maximum absolute atomic E-state index is 13.9. The molecule has 1 saturated carbocycles. The summed E-state index contributed by atoms with van der Waals surface area (Å²) in [5, 5.41) is 9.03. The number of para-hydroxylation sites is 1. The van der Waals surface area contributed by atoms with E-state index in [1.54, 1.807) is 30.9 Å². The number of amides is 5. The highest BCUT2D eigenvalue weighted by molar-refractivity contribution is 6.07. The minimum atomic E-state index is -1.07. The van der Waals surface area contributed by atoms with Crippen LogP contribution in [0.25, 0.3) is 0 Å². The summed E-state index contributed by atoms with van der Waals surface area (Å²) >= 11 is 0. The van der Waals surface area contributed by atoms with Crippen LogP contribution in [-0.2, 0) is 20.9 Å². The number of hydrogen-bond acceptors (Lipinski definition) is 7. The Balaban J connectivity index is 1.45. The lowest BCUT2D eigenvalue weighted by atomic mass is 10.0. The summed E-state index contributed by atoms with van der Waals surface area (Å²) < 4.78 is 10.8. The molecule has 2 unspecified atom stereocenters. The van der Waals surface area contributed by atoms with Gasteiger partial charge in [-0.15, -0.1) is 0 Å². The van der Waals surface area contributed by atoms with Gasteiger partial charge >= 0.3 is 18.0 Å². The fourth-order valence-electron chi connectivity index (χ4n) is 5.55. The minimum Gasteiger partial charge on any atom is -0.495 e. The maximum Gasteiger partial charge on any atom is 0.328 e. The number of ether oxygens (including phenoxy) is 2. The van der Waals surface area contributed by atoms with Gasteiger partial charge in [-0.3, -0.25) is 14.5 Å². The van der Waals surface area contributed by atoms with E-state index in [1.165, 1.54) is 12.0 Å². The van der Waals surface area contributed by atoms with Crippen molar-refractivity contribution in [3.05, 3.63) is 53.6 Å². The molecule has 0 aromatic heterocycles. The molecule has 0 bridgehead atoms. The first-order chi connectivity index (χ1) is 21.3. The number of imide groups is 1. The number of methoxy groups -OCH3 is 1. The Morgan fingerprint density at radius 3 is 2.36 bits per heavy atom. The third kappa shape index (κ3) is 8.54. The summed E-state index contributed by atoms with van der Waals surface area (Å²) in [6, 6.07) is 11.5. The van der Waals surface area contributed by atoms with Crippen molar-refractivity contribution in [3.8, 4) is 5.75 Å². The lowest BCUT2D eigenvalue weighted by Gasteiger charge is -2.28. The molecule has 1 aliphatic heterocycles. The molecule has 45 heavy (non-hydrogen) atoms. The maximum atomic E-state index is 13.9. The van der Waals surface area contributed by atoms with E-state index in [2.05, 4.69) is 16.0 Å². The van der Waals surface area contributed by atoms with E-state index in [0.717, 1.165) is 30.4 Å². The number of nitrogens with one attached hydrogen (secondary N) is 3. The van der Waals surface area contributed by atoms with Crippen LogP contribution in [0.1, 0.15) is 71.4 Å². The number of rotatable bonds is 14. The van der Waals surface area contributed by atoms with Gasteiger partial charge in [-0.25, -0.2) is 9.59 Å². The fourth-order valence-corrected chi connectivity index (χ4v) is 5.55. The summed E-state index contributed by atoms with van der Waals surface area (Å²) in [5.74, 6) is 0.377. The molecule has 11 nitrogen and oxygen atoms in total. The number of urea groups is 2. The second-order valence-corrected chi connectivity index (χ2v) is 12.9. The number of benzene rings is 2. The van der Waals surface area contributed by atoms with Gasteiger partial charge < -0.3 is 30.3 Å². The Bertz CT molecular complexity index is 1410. The normalized spacial score (nSPS) is 17.3. The van der Waals surface area contributed by atoms with Crippen LogP contribution in [0.2, 0.25) is 0 Å². The average molecular weight is 622 g/mol. The second kappa shape index (κ2) is 14.3. The van der Waals surface area contributed by atoms with Crippen molar-refractivity contribution in [2.45, 2.75) is 97.5 Å². The second-order valence-electron chi connectivity index (χ2n) is 12.9. The van der Waals surface area contributed by atoms with Gasteiger partial charge in [-0.1, -0.05) is 37.1 Å². The van der Waals surface area contributed by atoms with E-state index in [0.29, 0.717) is 29.6 Å². The number of anilines is 2. The Morgan fingerprint density at radius 1 is 1.02 bits per heavy atom. The third-order valence-corrected chi connectivity index (χ3v) is 8.31. The molecule has 2 aromatic carbocycles. The van der Waals surface area contributed by atoms with Crippen LogP contribution in [0.4, 0.5) is 21.0 Å². The molecule has 1 aliphatic carbocycles.